The molecule has 0 aromatic heterocycles. The summed E-state index contributed by atoms with van der Waals surface area (Å²) in [5.41, 5.74) is 0. The zero-order valence-electron chi connectivity index (χ0n) is 30.0. The standard InChI is InChI=1S/C41H74N2O2/c1-3-5-7-9-11-13-15-17-19-21-23-25-27-29-31-33-37-42-41(45)39-35-34-38-43(39)40(44)36-32-30-28-26-24-22-20-18-16-14-12-10-8-6-4-2/h11,13,17-20,39H,3-10,12,14-16,21-38H2,1-2H3,(H,42,45)/b13-11-,19-17-,20-18-. The minimum absolute atomic E-state index is 0.0630. The lowest BCUT2D eigenvalue weighted by Gasteiger charge is -2.24. The molecule has 0 aromatic rings. The molecule has 1 saturated heterocycles. The highest BCUT2D eigenvalue weighted by Gasteiger charge is 2.33. The number of likely N-dealkylation sites (tertiary alicyclic amines) is 1. The highest BCUT2D eigenvalue weighted by molar-refractivity contribution is 5.88. The van der Waals surface area contributed by atoms with Gasteiger partial charge >= 0.3 is 0 Å². The van der Waals surface area contributed by atoms with Crippen molar-refractivity contribution in [3.63, 3.8) is 0 Å². The van der Waals surface area contributed by atoms with Gasteiger partial charge in [-0.15, -0.1) is 0 Å². The number of carbonyl (C=O) groups is 2. The lowest BCUT2D eigenvalue weighted by atomic mass is 10.1. The van der Waals surface area contributed by atoms with Gasteiger partial charge in [-0.05, 0) is 83.5 Å². The number of amides is 2. The summed E-state index contributed by atoms with van der Waals surface area (Å²) < 4.78 is 0. The Morgan fingerprint density at radius 3 is 1.60 bits per heavy atom. The van der Waals surface area contributed by atoms with Crippen LogP contribution in [0.5, 0.6) is 0 Å². The predicted octanol–water partition coefficient (Wildman–Crippen LogP) is 11.9. The summed E-state index contributed by atoms with van der Waals surface area (Å²) in [6.07, 6.45) is 47.5. The van der Waals surface area contributed by atoms with Crippen molar-refractivity contribution >= 4 is 11.8 Å². The Labute approximate surface area is 280 Å². The van der Waals surface area contributed by atoms with E-state index >= 15 is 0 Å². The number of rotatable bonds is 31. The van der Waals surface area contributed by atoms with Gasteiger partial charge in [0.05, 0.1) is 0 Å². The summed E-state index contributed by atoms with van der Waals surface area (Å²) in [4.78, 5) is 27.5. The molecule has 1 N–H and O–H groups in total. The van der Waals surface area contributed by atoms with Crippen molar-refractivity contribution in [3.05, 3.63) is 36.5 Å². The molecule has 0 aromatic carbocycles. The first-order valence-corrected chi connectivity index (χ1v) is 19.7. The van der Waals surface area contributed by atoms with E-state index in [0.29, 0.717) is 6.42 Å². The molecule has 260 valence electrons. The molecule has 2 amide bonds. The molecule has 1 heterocycles. The summed E-state index contributed by atoms with van der Waals surface area (Å²) >= 11 is 0. The fourth-order valence-corrected chi connectivity index (χ4v) is 6.27. The number of allylic oxidation sites excluding steroid dienone is 6. The third-order valence-electron chi connectivity index (χ3n) is 9.20. The van der Waals surface area contributed by atoms with Crippen LogP contribution >= 0.6 is 0 Å². The molecule has 1 rings (SSSR count). The first-order chi connectivity index (χ1) is 22.2. The first kappa shape index (κ1) is 41.2. The molecule has 1 fully saturated rings. The van der Waals surface area contributed by atoms with Crippen LogP contribution in [0, 0.1) is 0 Å². The zero-order chi connectivity index (χ0) is 32.5. The SMILES string of the molecule is CCCCC/C=C\C/C=C\CCCCCCCCNC(=O)C1CCCN1C(=O)CCCCCCC/C=C\CCCCCCCC. The Morgan fingerprint density at radius 1 is 0.578 bits per heavy atom. The molecule has 4 nitrogen and oxygen atoms in total. The van der Waals surface area contributed by atoms with Gasteiger partial charge in [-0.25, -0.2) is 0 Å². The van der Waals surface area contributed by atoms with Crippen molar-refractivity contribution in [2.45, 2.75) is 200 Å². The molecular formula is C41H74N2O2. The number of nitrogens with zero attached hydrogens (tertiary/aromatic N) is 1. The minimum atomic E-state index is -0.245. The molecule has 0 saturated carbocycles. The fourth-order valence-electron chi connectivity index (χ4n) is 6.27. The number of carbonyl (C=O) groups excluding carboxylic acids is 2. The minimum Gasteiger partial charge on any atom is -0.354 e. The van der Waals surface area contributed by atoms with Crippen molar-refractivity contribution in [1.82, 2.24) is 10.2 Å². The smallest absolute Gasteiger partial charge is 0.242 e. The lowest BCUT2D eigenvalue weighted by Crippen LogP contribution is -2.46. The van der Waals surface area contributed by atoms with E-state index in [1.54, 1.807) is 0 Å². The van der Waals surface area contributed by atoms with Gasteiger partial charge in [0, 0.05) is 19.5 Å². The summed E-state index contributed by atoms with van der Waals surface area (Å²) in [7, 11) is 0. The third-order valence-corrected chi connectivity index (χ3v) is 9.20. The second-order valence-corrected chi connectivity index (χ2v) is 13.5. The second kappa shape index (κ2) is 32.1. The fraction of sp³-hybridized carbons (Fsp3) is 0.805. The van der Waals surface area contributed by atoms with Crippen LogP contribution in [0.25, 0.3) is 0 Å². The van der Waals surface area contributed by atoms with Gasteiger partial charge in [0.1, 0.15) is 6.04 Å². The van der Waals surface area contributed by atoms with E-state index in [1.165, 1.54) is 135 Å². The first-order valence-electron chi connectivity index (χ1n) is 19.7. The quantitative estimate of drug-likeness (QED) is 0.0615. The van der Waals surface area contributed by atoms with Gasteiger partial charge in [-0.3, -0.25) is 9.59 Å². The van der Waals surface area contributed by atoms with Crippen LogP contribution in [-0.2, 0) is 9.59 Å². The van der Waals surface area contributed by atoms with E-state index in [2.05, 4.69) is 55.6 Å². The number of unbranched alkanes of at least 4 members (excludes halogenated alkanes) is 20. The third kappa shape index (κ3) is 25.0. The van der Waals surface area contributed by atoms with Crippen molar-refractivity contribution in [1.29, 1.82) is 0 Å². The Hall–Kier alpha value is -1.84. The van der Waals surface area contributed by atoms with Gasteiger partial charge in [0.15, 0.2) is 0 Å². The maximum Gasteiger partial charge on any atom is 0.242 e. The van der Waals surface area contributed by atoms with E-state index in [1.807, 2.05) is 4.90 Å². The molecule has 1 aliphatic rings. The topological polar surface area (TPSA) is 49.4 Å². The maximum absolute atomic E-state index is 12.9. The molecule has 0 bridgehead atoms. The summed E-state index contributed by atoms with van der Waals surface area (Å²) in [6.45, 7) is 6.00. The lowest BCUT2D eigenvalue weighted by molar-refractivity contribution is -0.138. The van der Waals surface area contributed by atoms with Crippen molar-refractivity contribution in [3.8, 4) is 0 Å². The van der Waals surface area contributed by atoms with E-state index in [-0.39, 0.29) is 17.9 Å². The van der Waals surface area contributed by atoms with E-state index in [4.69, 9.17) is 0 Å². The summed E-state index contributed by atoms with van der Waals surface area (Å²) in [5, 5.41) is 3.13. The molecule has 0 spiro atoms. The van der Waals surface area contributed by atoms with Gasteiger partial charge in [0.2, 0.25) is 11.8 Å². The Balaban J connectivity index is 1.97. The zero-order valence-corrected chi connectivity index (χ0v) is 30.0. The van der Waals surface area contributed by atoms with Gasteiger partial charge in [0.25, 0.3) is 0 Å². The highest BCUT2D eigenvalue weighted by atomic mass is 16.2. The Bertz CT molecular complexity index is 771. The molecule has 1 aliphatic heterocycles. The van der Waals surface area contributed by atoms with Crippen LogP contribution in [0.15, 0.2) is 36.5 Å². The number of hydrogen-bond donors (Lipinski definition) is 1. The van der Waals surface area contributed by atoms with Crippen LogP contribution in [0.1, 0.15) is 194 Å². The van der Waals surface area contributed by atoms with Crippen LogP contribution < -0.4 is 5.32 Å². The Morgan fingerprint density at radius 2 is 1.02 bits per heavy atom. The van der Waals surface area contributed by atoms with Crippen LogP contribution in [0.4, 0.5) is 0 Å². The molecule has 1 unspecified atom stereocenters. The monoisotopic (exact) mass is 627 g/mol. The van der Waals surface area contributed by atoms with Crippen molar-refractivity contribution in [2.75, 3.05) is 13.1 Å². The molecule has 1 atom stereocenters. The molecular weight excluding hydrogens is 552 g/mol. The average molecular weight is 627 g/mol. The van der Waals surface area contributed by atoms with Crippen LogP contribution in [0.3, 0.4) is 0 Å². The summed E-state index contributed by atoms with van der Waals surface area (Å²) in [6, 6.07) is -0.245. The normalized spacial score (nSPS) is 15.3. The number of hydrogen-bond acceptors (Lipinski definition) is 2. The van der Waals surface area contributed by atoms with E-state index in [9.17, 15) is 9.59 Å². The van der Waals surface area contributed by atoms with Crippen LogP contribution in [0.2, 0.25) is 0 Å². The second-order valence-electron chi connectivity index (χ2n) is 13.5. The van der Waals surface area contributed by atoms with Crippen LogP contribution in [-0.4, -0.2) is 35.8 Å². The van der Waals surface area contributed by atoms with Gasteiger partial charge in [-0.1, -0.05) is 140 Å². The van der Waals surface area contributed by atoms with Gasteiger partial charge < -0.3 is 10.2 Å². The molecule has 0 aliphatic carbocycles. The molecule has 0 radical (unpaired) electrons. The molecule has 4 heteroatoms. The molecule has 45 heavy (non-hydrogen) atoms. The van der Waals surface area contributed by atoms with Crippen molar-refractivity contribution < 1.29 is 9.59 Å². The van der Waals surface area contributed by atoms with Gasteiger partial charge in [-0.2, -0.15) is 0 Å². The predicted molar refractivity (Wildman–Crippen MR) is 197 cm³/mol. The Kier molecular flexibility index (Phi) is 29.4. The largest absolute Gasteiger partial charge is 0.354 e. The average Bonchev–Trinajstić information content (AvgIpc) is 3.55. The highest BCUT2D eigenvalue weighted by Crippen LogP contribution is 2.20. The number of nitrogens with one attached hydrogen (secondary N) is 1. The van der Waals surface area contributed by atoms with E-state index in [0.717, 1.165) is 51.6 Å². The van der Waals surface area contributed by atoms with E-state index < -0.39 is 0 Å². The summed E-state index contributed by atoms with van der Waals surface area (Å²) in [5.74, 6) is 0.243. The maximum atomic E-state index is 12.9. The van der Waals surface area contributed by atoms with Crippen molar-refractivity contribution in [2.24, 2.45) is 0 Å².